The number of carbonyl (C=O) groups excluding carboxylic acids is 1. The van der Waals surface area contributed by atoms with Gasteiger partial charge in [0.1, 0.15) is 17.2 Å². The Bertz CT molecular complexity index is 570. The van der Waals surface area contributed by atoms with Gasteiger partial charge in [-0.15, -0.1) is 0 Å². The highest BCUT2D eigenvalue weighted by Gasteiger charge is 2.34. The monoisotopic (exact) mass is 341 g/mol. The molecule has 0 aliphatic carbocycles. The molecule has 1 saturated heterocycles. The molecule has 1 aromatic rings. The molecular formula is C18H25F2NO3. The number of amides is 1. The third kappa shape index (κ3) is 4.90. The zero-order valence-corrected chi connectivity index (χ0v) is 14.7. The summed E-state index contributed by atoms with van der Waals surface area (Å²) in [4.78, 5) is 13.7. The van der Waals surface area contributed by atoms with Crippen molar-refractivity contribution >= 4 is 6.09 Å². The van der Waals surface area contributed by atoms with Gasteiger partial charge in [-0.05, 0) is 52.7 Å². The minimum Gasteiger partial charge on any atom is -0.444 e. The Morgan fingerprint density at radius 2 is 1.75 bits per heavy atom. The number of piperidine rings is 1. The number of likely N-dealkylation sites (tertiary alicyclic amines) is 1. The summed E-state index contributed by atoms with van der Waals surface area (Å²) < 4.78 is 38.5. The van der Waals surface area contributed by atoms with Crippen molar-refractivity contribution in [3.8, 4) is 0 Å². The molecule has 6 heteroatoms. The van der Waals surface area contributed by atoms with Gasteiger partial charge in [-0.3, -0.25) is 0 Å². The normalized spacial score (nSPS) is 17.7. The predicted molar refractivity (Wildman–Crippen MR) is 86.6 cm³/mol. The highest BCUT2D eigenvalue weighted by molar-refractivity contribution is 5.68. The molecule has 0 saturated carbocycles. The van der Waals surface area contributed by atoms with E-state index < -0.39 is 22.8 Å². The van der Waals surface area contributed by atoms with E-state index in [1.165, 1.54) is 18.2 Å². The van der Waals surface area contributed by atoms with E-state index in [1.54, 1.807) is 4.90 Å². The van der Waals surface area contributed by atoms with Crippen LogP contribution in [0.15, 0.2) is 18.2 Å². The van der Waals surface area contributed by atoms with E-state index in [-0.39, 0.29) is 18.3 Å². The maximum Gasteiger partial charge on any atom is 0.410 e. The zero-order valence-electron chi connectivity index (χ0n) is 14.7. The lowest BCUT2D eigenvalue weighted by atomic mass is 9.93. The number of hydrogen-bond acceptors (Lipinski definition) is 3. The standard InChI is InChI=1S/C18H25F2NO3/c1-17(2,3)24-16(22)21-10-8-18(4,9-11-21)23-12-13-14(19)6-5-7-15(13)20/h5-7H,8-12H2,1-4H3. The van der Waals surface area contributed by atoms with Gasteiger partial charge >= 0.3 is 6.09 Å². The molecule has 24 heavy (non-hydrogen) atoms. The van der Waals surface area contributed by atoms with Gasteiger partial charge in [0.25, 0.3) is 0 Å². The minimum atomic E-state index is -0.607. The van der Waals surface area contributed by atoms with E-state index in [0.717, 1.165) is 0 Å². The van der Waals surface area contributed by atoms with Crippen molar-refractivity contribution in [3.63, 3.8) is 0 Å². The van der Waals surface area contributed by atoms with Crippen LogP contribution >= 0.6 is 0 Å². The van der Waals surface area contributed by atoms with Crippen LogP contribution in [0.25, 0.3) is 0 Å². The van der Waals surface area contributed by atoms with Gasteiger partial charge in [-0.1, -0.05) is 6.07 Å². The lowest BCUT2D eigenvalue weighted by Crippen LogP contribution is -2.47. The van der Waals surface area contributed by atoms with Gasteiger partial charge in [-0.25, -0.2) is 13.6 Å². The highest BCUT2D eigenvalue weighted by atomic mass is 19.1. The fourth-order valence-electron chi connectivity index (χ4n) is 2.55. The molecule has 0 bridgehead atoms. The van der Waals surface area contributed by atoms with Crippen LogP contribution in [0.5, 0.6) is 0 Å². The fraction of sp³-hybridized carbons (Fsp3) is 0.611. The third-order valence-corrected chi connectivity index (χ3v) is 4.10. The fourth-order valence-corrected chi connectivity index (χ4v) is 2.55. The molecule has 134 valence electrons. The van der Waals surface area contributed by atoms with Gasteiger partial charge in [0.05, 0.1) is 12.2 Å². The van der Waals surface area contributed by atoms with Gasteiger partial charge in [0.15, 0.2) is 0 Å². The van der Waals surface area contributed by atoms with Crippen molar-refractivity contribution in [1.82, 2.24) is 4.90 Å². The van der Waals surface area contributed by atoms with Gasteiger partial charge in [-0.2, -0.15) is 0 Å². The predicted octanol–water partition coefficient (Wildman–Crippen LogP) is 4.27. The number of ether oxygens (including phenoxy) is 2. The number of rotatable bonds is 3. The molecule has 2 rings (SSSR count). The second kappa shape index (κ2) is 7.05. The number of hydrogen-bond donors (Lipinski definition) is 0. The third-order valence-electron chi connectivity index (χ3n) is 4.10. The Morgan fingerprint density at radius 3 is 2.25 bits per heavy atom. The quantitative estimate of drug-likeness (QED) is 0.824. The zero-order chi connectivity index (χ0) is 18.0. The van der Waals surface area contributed by atoms with Crippen LogP contribution in [0.4, 0.5) is 13.6 Å². The number of nitrogens with zero attached hydrogens (tertiary/aromatic N) is 1. The maximum atomic E-state index is 13.7. The van der Waals surface area contributed by atoms with Gasteiger partial charge < -0.3 is 14.4 Å². The van der Waals surface area contributed by atoms with E-state index in [9.17, 15) is 13.6 Å². The van der Waals surface area contributed by atoms with Crippen molar-refractivity contribution in [2.24, 2.45) is 0 Å². The molecule has 0 N–H and O–H groups in total. The molecule has 1 aromatic carbocycles. The second-order valence-corrected chi connectivity index (χ2v) is 7.41. The number of carbonyl (C=O) groups is 1. The highest BCUT2D eigenvalue weighted by Crippen LogP contribution is 2.28. The van der Waals surface area contributed by atoms with Crippen molar-refractivity contribution in [3.05, 3.63) is 35.4 Å². The molecule has 0 aromatic heterocycles. The lowest BCUT2D eigenvalue weighted by molar-refractivity contribution is -0.0825. The average molecular weight is 341 g/mol. The molecular weight excluding hydrogens is 316 g/mol. The summed E-state index contributed by atoms with van der Waals surface area (Å²) in [6, 6.07) is 3.76. The summed E-state index contributed by atoms with van der Waals surface area (Å²) in [5, 5.41) is 0. The van der Waals surface area contributed by atoms with E-state index in [1.807, 2.05) is 27.7 Å². The Labute approximate surface area is 141 Å². The van der Waals surface area contributed by atoms with Crippen LogP contribution in [0, 0.1) is 11.6 Å². The SMILES string of the molecule is CC(C)(C)OC(=O)N1CCC(C)(OCc2c(F)cccc2F)CC1. The average Bonchev–Trinajstić information content (AvgIpc) is 2.45. The first kappa shape index (κ1) is 18.6. The molecule has 4 nitrogen and oxygen atoms in total. The largest absolute Gasteiger partial charge is 0.444 e. The van der Waals surface area contributed by atoms with Crippen molar-refractivity contribution in [2.45, 2.75) is 58.3 Å². The Kier molecular flexibility index (Phi) is 5.48. The topological polar surface area (TPSA) is 38.8 Å². The van der Waals surface area contributed by atoms with Crippen molar-refractivity contribution in [2.75, 3.05) is 13.1 Å². The Balaban J connectivity index is 1.89. The molecule has 0 unspecified atom stereocenters. The first-order chi connectivity index (χ1) is 11.1. The molecule has 1 aliphatic heterocycles. The Hall–Kier alpha value is -1.69. The molecule has 1 fully saturated rings. The summed E-state index contributed by atoms with van der Waals surface area (Å²) in [6.45, 7) is 8.23. The lowest BCUT2D eigenvalue weighted by Gasteiger charge is -2.39. The van der Waals surface area contributed by atoms with Crippen molar-refractivity contribution in [1.29, 1.82) is 0 Å². The van der Waals surface area contributed by atoms with E-state index >= 15 is 0 Å². The number of halogens is 2. The summed E-state index contributed by atoms with van der Waals surface area (Å²) >= 11 is 0. The summed E-state index contributed by atoms with van der Waals surface area (Å²) in [7, 11) is 0. The second-order valence-electron chi connectivity index (χ2n) is 7.41. The van der Waals surface area contributed by atoms with Crippen LogP contribution in [0.1, 0.15) is 46.1 Å². The first-order valence-electron chi connectivity index (χ1n) is 8.14. The molecule has 1 aliphatic rings. The van der Waals surface area contributed by atoms with Crippen LogP contribution in [-0.4, -0.2) is 35.3 Å². The van der Waals surface area contributed by atoms with Crippen LogP contribution in [-0.2, 0) is 16.1 Å². The van der Waals surface area contributed by atoms with Crippen molar-refractivity contribution < 1.29 is 23.0 Å². The molecule has 0 radical (unpaired) electrons. The number of benzene rings is 1. The molecule has 0 atom stereocenters. The van der Waals surface area contributed by atoms with E-state index in [2.05, 4.69) is 0 Å². The van der Waals surface area contributed by atoms with E-state index in [0.29, 0.717) is 25.9 Å². The maximum absolute atomic E-state index is 13.7. The smallest absolute Gasteiger partial charge is 0.410 e. The van der Waals surface area contributed by atoms with Crippen LogP contribution in [0.2, 0.25) is 0 Å². The molecule has 0 spiro atoms. The minimum absolute atomic E-state index is 0.0618. The summed E-state index contributed by atoms with van der Waals surface area (Å²) in [5.41, 5.74) is -1.11. The summed E-state index contributed by atoms with van der Waals surface area (Å²) in [5.74, 6) is -1.21. The molecule has 1 amide bonds. The van der Waals surface area contributed by atoms with E-state index in [4.69, 9.17) is 9.47 Å². The first-order valence-corrected chi connectivity index (χ1v) is 8.14. The van der Waals surface area contributed by atoms with Gasteiger partial charge in [0, 0.05) is 18.7 Å². The van der Waals surface area contributed by atoms with Gasteiger partial charge in [0.2, 0.25) is 0 Å². The van der Waals surface area contributed by atoms with Crippen LogP contribution < -0.4 is 0 Å². The Morgan fingerprint density at radius 1 is 1.21 bits per heavy atom. The van der Waals surface area contributed by atoms with Crippen LogP contribution in [0.3, 0.4) is 0 Å². The molecule has 1 heterocycles. The summed E-state index contributed by atoms with van der Waals surface area (Å²) in [6.07, 6.45) is 0.828.